The van der Waals surface area contributed by atoms with Gasteiger partial charge in [-0.05, 0) is 18.7 Å². The van der Waals surface area contributed by atoms with Gasteiger partial charge in [-0.15, -0.1) is 6.04 Å². The van der Waals surface area contributed by atoms with E-state index in [1.807, 2.05) is 7.05 Å². The number of benzene rings is 1. The van der Waals surface area contributed by atoms with E-state index in [1.165, 1.54) is 18.5 Å². The Kier molecular flexibility index (Phi) is 3.17. The molecule has 1 saturated heterocycles. The van der Waals surface area contributed by atoms with Gasteiger partial charge in [0.2, 0.25) is 0 Å². The Hall–Kier alpha value is -0.860. The molecular formula is C12H17N2-. The van der Waals surface area contributed by atoms with Crippen molar-refractivity contribution in [1.29, 1.82) is 0 Å². The monoisotopic (exact) mass is 189 g/mol. The van der Waals surface area contributed by atoms with Gasteiger partial charge >= 0.3 is 0 Å². The molecule has 0 amide bonds. The van der Waals surface area contributed by atoms with Crippen LogP contribution in [0.1, 0.15) is 12.0 Å². The van der Waals surface area contributed by atoms with Gasteiger partial charge in [0.1, 0.15) is 0 Å². The molecule has 2 nitrogen and oxygen atoms in total. The van der Waals surface area contributed by atoms with Gasteiger partial charge in [-0.2, -0.15) is 7.05 Å². The molecule has 0 radical (unpaired) electrons. The van der Waals surface area contributed by atoms with Crippen molar-refractivity contribution in [3.8, 4) is 0 Å². The predicted molar refractivity (Wildman–Crippen MR) is 59.4 cm³/mol. The van der Waals surface area contributed by atoms with Crippen molar-refractivity contribution < 1.29 is 0 Å². The topological polar surface area (TPSA) is 17.3 Å². The van der Waals surface area contributed by atoms with E-state index in [4.69, 9.17) is 0 Å². The minimum Gasteiger partial charge on any atom is -0.661 e. The largest absolute Gasteiger partial charge is 0.661 e. The van der Waals surface area contributed by atoms with E-state index in [2.05, 4.69) is 40.5 Å². The zero-order valence-corrected chi connectivity index (χ0v) is 8.69. The lowest BCUT2D eigenvalue weighted by atomic mass is 10.2. The first kappa shape index (κ1) is 9.69. The summed E-state index contributed by atoms with van der Waals surface area (Å²) in [4.78, 5) is 2.48. The highest BCUT2D eigenvalue weighted by Gasteiger charge is 2.15. The average molecular weight is 189 g/mol. The molecule has 1 unspecified atom stereocenters. The van der Waals surface area contributed by atoms with Gasteiger partial charge in [0, 0.05) is 6.54 Å². The third kappa shape index (κ3) is 2.34. The van der Waals surface area contributed by atoms with Crippen LogP contribution in [0.5, 0.6) is 0 Å². The van der Waals surface area contributed by atoms with Crippen molar-refractivity contribution in [3.05, 3.63) is 41.2 Å². The van der Waals surface area contributed by atoms with E-state index in [0.717, 1.165) is 13.1 Å². The van der Waals surface area contributed by atoms with Crippen LogP contribution in [-0.4, -0.2) is 31.1 Å². The first-order valence-corrected chi connectivity index (χ1v) is 5.23. The quantitative estimate of drug-likeness (QED) is 0.713. The molecule has 1 aromatic rings. The molecule has 2 heteroatoms. The summed E-state index contributed by atoms with van der Waals surface area (Å²) in [6.45, 7) is 3.40. The second-order valence-corrected chi connectivity index (χ2v) is 3.92. The summed E-state index contributed by atoms with van der Waals surface area (Å²) in [6.07, 6.45) is 1.23. The van der Waals surface area contributed by atoms with Crippen molar-refractivity contribution >= 4 is 0 Å². The smallest absolute Gasteiger partial charge is 0.0233 e. The highest BCUT2D eigenvalue weighted by atomic mass is 15.2. The number of likely N-dealkylation sites (N-methyl/N-ethyl adjacent to an activating group) is 1. The van der Waals surface area contributed by atoms with Crippen LogP contribution >= 0.6 is 0 Å². The van der Waals surface area contributed by atoms with E-state index < -0.39 is 0 Å². The van der Waals surface area contributed by atoms with Crippen molar-refractivity contribution in [2.24, 2.45) is 0 Å². The number of nitrogens with zero attached hydrogens (tertiary/aromatic N) is 2. The highest BCUT2D eigenvalue weighted by molar-refractivity contribution is 5.15. The first-order chi connectivity index (χ1) is 6.88. The lowest BCUT2D eigenvalue weighted by Gasteiger charge is -2.22. The van der Waals surface area contributed by atoms with Crippen LogP contribution in [-0.2, 0) is 6.54 Å². The maximum Gasteiger partial charge on any atom is 0.0233 e. The summed E-state index contributed by atoms with van der Waals surface area (Å²) >= 11 is 0. The number of hydrogen-bond acceptors (Lipinski definition) is 1. The standard InChI is InChI=1S/C12H17N2/c1-13-12-7-8-14(10-12)9-11-5-3-2-4-6-11/h2-6,12H,7-10H2,1H3/q-1. The van der Waals surface area contributed by atoms with E-state index in [-0.39, 0.29) is 0 Å². The second kappa shape index (κ2) is 4.58. The molecule has 14 heavy (non-hydrogen) atoms. The molecule has 0 spiro atoms. The van der Waals surface area contributed by atoms with Crippen molar-refractivity contribution in [1.82, 2.24) is 4.90 Å². The average Bonchev–Trinajstić information content (AvgIpc) is 2.67. The van der Waals surface area contributed by atoms with Crippen LogP contribution in [0.2, 0.25) is 0 Å². The summed E-state index contributed by atoms with van der Waals surface area (Å²) < 4.78 is 0. The van der Waals surface area contributed by atoms with Gasteiger partial charge in [-0.3, -0.25) is 0 Å². The molecule has 0 N–H and O–H groups in total. The minimum absolute atomic E-state index is 0.568. The van der Waals surface area contributed by atoms with Crippen LogP contribution in [0.3, 0.4) is 0 Å². The Labute approximate surface area is 85.9 Å². The Balaban J connectivity index is 1.88. The van der Waals surface area contributed by atoms with E-state index >= 15 is 0 Å². The summed E-state index contributed by atoms with van der Waals surface area (Å²) in [7, 11) is 1.93. The Bertz CT molecular complexity index is 271. The maximum absolute atomic E-state index is 4.34. The molecule has 76 valence electrons. The summed E-state index contributed by atoms with van der Waals surface area (Å²) in [5.41, 5.74) is 1.41. The normalized spacial score (nSPS) is 22.8. The van der Waals surface area contributed by atoms with Gasteiger partial charge in [-0.1, -0.05) is 36.8 Å². The lowest BCUT2D eigenvalue weighted by molar-refractivity contribution is 0.329. The van der Waals surface area contributed by atoms with Crippen molar-refractivity contribution in [2.75, 3.05) is 20.1 Å². The third-order valence-corrected chi connectivity index (χ3v) is 2.86. The Morgan fingerprint density at radius 2 is 2.14 bits per heavy atom. The van der Waals surface area contributed by atoms with Crippen LogP contribution in [0.15, 0.2) is 30.3 Å². The van der Waals surface area contributed by atoms with Gasteiger partial charge < -0.3 is 10.2 Å². The molecule has 0 aliphatic carbocycles. The molecule has 1 heterocycles. The second-order valence-electron chi connectivity index (χ2n) is 3.92. The molecular weight excluding hydrogens is 172 g/mol. The van der Waals surface area contributed by atoms with Gasteiger partial charge in [0.15, 0.2) is 0 Å². The molecule has 0 aromatic heterocycles. The van der Waals surface area contributed by atoms with Crippen LogP contribution in [0, 0.1) is 0 Å². The van der Waals surface area contributed by atoms with Crippen LogP contribution < -0.4 is 0 Å². The number of rotatable bonds is 3. The van der Waals surface area contributed by atoms with Gasteiger partial charge in [-0.25, -0.2) is 0 Å². The highest BCUT2D eigenvalue weighted by Crippen LogP contribution is 2.17. The molecule has 1 aliphatic heterocycles. The minimum atomic E-state index is 0.568. The zero-order chi connectivity index (χ0) is 9.80. The van der Waals surface area contributed by atoms with Crippen molar-refractivity contribution in [2.45, 2.75) is 19.0 Å². The van der Waals surface area contributed by atoms with Crippen molar-refractivity contribution in [3.63, 3.8) is 0 Å². The third-order valence-electron chi connectivity index (χ3n) is 2.86. The maximum atomic E-state index is 4.34. The lowest BCUT2D eigenvalue weighted by Crippen LogP contribution is -2.21. The molecule has 0 bridgehead atoms. The molecule has 1 aromatic carbocycles. The first-order valence-electron chi connectivity index (χ1n) is 5.23. The van der Waals surface area contributed by atoms with Crippen LogP contribution in [0.4, 0.5) is 0 Å². The summed E-state index contributed by atoms with van der Waals surface area (Å²) in [5.74, 6) is 0. The van der Waals surface area contributed by atoms with Gasteiger partial charge in [0.05, 0.1) is 0 Å². The van der Waals surface area contributed by atoms with E-state index in [0.29, 0.717) is 6.04 Å². The number of likely N-dealkylation sites (tertiary alicyclic amines) is 1. The predicted octanol–water partition coefficient (Wildman–Crippen LogP) is 2.26. The summed E-state index contributed by atoms with van der Waals surface area (Å²) in [6, 6.07) is 11.2. The molecule has 1 fully saturated rings. The molecule has 0 saturated carbocycles. The zero-order valence-electron chi connectivity index (χ0n) is 8.69. The Morgan fingerprint density at radius 1 is 1.36 bits per heavy atom. The summed E-state index contributed by atoms with van der Waals surface area (Å²) in [5, 5.41) is 4.34. The van der Waals surface area contributed by atoms with Gasteiger partial charge in [0.25, 0.3) is 0 Å². The number of hydrogen-bond donors (Lipinski definition) is 0. The fourth-order valence-electron chi connectivity index (χ4n) is 2.01. The van der Waals surface area contributed by atoms with E-state index in [9.17, 15) is 0 Å². The SMILES string of the molecule is C[N-]C1CCN(Cc2ccccc2)C1. The van der Waals surface area contributed by atoms with E-state index in [1.54, 1.807) is 0 Å². The molecule has 1 atom stereocenters. The molecule has 2 rings (SSSR count). The fraction of sp³-hybridized carbons (Fsp3) is 0.500. The molecule has 1 aliphatic rings. The fourth-order valence-corrected chi connectivity index (χ4v) is 2.01. The Morgan fingerprint density at radius 3 is 2.79 bits per heavy atom. The van der Waals surface area contributed by atoms with Crippen LogP contribution in [0.25, 0.3) is 5.32 Å².